The summed E-state index contributed by atoms with van der Waals surface area (Å²) in [6.07, 6.45) is 3.02. The maximum atomic E-state index is 6.19. The number of nitrogens with zero attached hydrogens (tertiary/aromatic N) is 4. The van der Waals surface area contributed by atoms with Crippen molar-refractivity contribution in [3.63, 3.8) is 0 Å². The summed E-state index contributed by atoms with van der Waals surface area (Å²) in [4.78, 5) is 16.2. The Morgan fingerprint density at radius 2 is 1.12 bits per heavy atom. The summed E-state index contributed by atoms with van der Waals surface area (Å²) in [5.74, 6) is 1.76. The largest absolute Gasteiger partial charge is 0.368 e. The van der Waals surface area contributed by atoms with Crippen molar-refractivity contribution in [3.05, 3.63) is 96.8 Å². The van der Waals surface area contributed by atoms with E-state index in [-0.39, 0.29) is 0 Å². The molecule has 5 rings (SSSR count). The molecule has 1 aromatic heterocycles. The maximum Gasteiger partial charge on any atom is 0.230 e. The highest BCUT2D eigenvalue weighted by Crippen LogP contribution is 2.57. The number of hydrogen-bond donors (Lipinski definition) is 1. The summed E-state index contributed by atoms with van der Waals surface area (Å²) in [6.45, 7) is 1.94. The zero-order chi connectivity index (χ0) is 21.8. The Labute approximate surface area is 189 Å². The van der Waals surface area contributed by atoms with E-state index in [1.165, 1.54) is 15.9 Å². The van der Waals surface area contributed by atoms with Crippen LogP contribution >= 0.6 is 7.26 Å². The third-order valence-electron chi connectivity index (χ3n) is 6.05. The predicted octanol–water partition coefficient (Wildman–Crippen LogP) is 3.55. The first-order chi connectivity index (χ1) is 15.8. The fraction of sp³-hybridized carbons (Fsp3) is 0.192. The standard InChI is InChI=1S/C26H27N5P/c27-25-28-24(29-26(30-25)31-18-10-11-19-31)20-32(21-12-4-1-5-13-21,22-14-6-2-7-15-22)23-16-8-3-9-17-23/h1-9,12-17H,10-11,18-20H2,(H2,27,28,29,30)/q+1. The van der Waals surface area contributed by atoms with E-state index in [1.807, 2.05) is 0 Å². The van der Waals surface area contributed by atoms with Gasteiger partial charge in [0.2, 0.25) is 11.9 Å². The van der Waals surface area contributed by atoms with E-state index in [0.29, 0.717) is 18.1 Å². The third-order valence-corrected chi connectivity index (χ3v) is 10.3. The SMILES string of the molecule is Nc1nc(C[P+](c2ccccc2)(c2ccccc2)c2ccccc2)nc(N2CCCC2)n1. The van der Waals surface area contributed by atoms with Gasteiger partial charge in [0, 0.05) is 13.1 Å². The summed E-state index contributed by atoms with van der Waals surface area (Å²) in [5.41, 5.74) is 6.19. The van der Waals surface area contributed by atoms with Crippen LogP contribution in [-0.4, -0.2) is 28.0 Å². The molecule has 1 aliphatic rings. The van der Waals surface area contributed by atoms with Gasteiger partial charge in [-0.2, -0.15) is 15.0 Å². The lowest BCUT2D eigenvalue weighted by Gasteiger charge is -2.27. The van der Waals surface area contributed by atoms with Crippen LogP contribution in [0, 0.1) is 0 Å². The highest BCUT2D eigenvalue weighted by atomic mass is 31.2. The van der Waals surface area contributed by atoms with E-state index in [4.69, 9.17) is 10.7 Å². The van der Waals surface area contributed by atoms with Gasteiger partial charge in [-0.25, -0.2) is 0 Å². The molecular weight excluding hydrogens is 413 g/mol. The Morgan fingerprint density at radius 3 is 1.59 bits per heavy atom. The second kappa shape index (κ2) is 9.05. The molecule has 2 heterocycles. The normalized spacial score (nSPS) is 13.9. The first-order valence-corrected chi connectivity index (χ1v) is 13.0. The molecule has 160 valence electrons. The lowest BCUT2D eigenvalue weighted by Crippen LogP contribution is -2.33. The second-order valence-corrected chi connectivity index (χ2v) is 11.6. The van der Waals surface area contributed by atoms with Crippen LogP contribution in [-0.2, 0) is 6.16 Å². The van der Waals surface area contributed by atoms with Gasteiger partial charge in [-0.1, -0.05) is 54.6 Å². The molecule has 1 aliphatic heterocycles. The van der Waals surface area contributed by atoms with Crippen LogP contribution in [0.2, 0.25) is 0 Å². The average molecular weight is 441 g/mol. The minimum Gasteiger partial charge on any atom is -0.368 e. The highest BCUT2D eigenvalue weighted by molar-refractivity contribution is 7.95. The van der Waals surface area contributed by atoms with Gasteiger partial charge in [-0.05, 0) is 49.2 Å². The van der Waals surface area contributed by atoms with Crippen LogP contribution in [0.4, 0.5) is 11.9 Å². The summed E-state index contributed by atoms with van der Waals surface area (Å²) in [6, 6.07) is 32.3. The predicted molar refractivity (Wildman–Crippen MR) is 135 cm³/mol. The molecule has 6 heteroatoms. The summed E-state index contributed by atoms with van der Waals surface area (Å²) < 4.78 is 0. The van der Waals surface area contributed by atoms with Crippen LogP contribution in [0.5, 0.6) is 0 Å². The monoisotopic (exact) mass is 440 g/mol. The second-order valence-electron chi connectivity index (χ2n) is 8.08. The molecule has 5 nitrogen and oxygen atoms in total. The summed E-state index contributed by atoms with van der Waals surface area (Å²) in [5, 5.41) is 3.91. The summed E-state index contributed by atoms with van der Waals surface area (Å²) in [7, 11) is -2.07. The molecular formula is C26H27N5P+. The Balaban J connectivity index is 1.70. The fourth-order valence-electron chi connectivity index (χ4n) is 4.54. The van der Waals surface area contributed by atoms with Crippen LogP contribution in [0.1, 0.15) is 18.7 Å². The van der Waals surface area contributed by atoms with Crippen molar-refractivity contribution in [2.75, 3.05) is 23.7 Å². The highest BCUT2D eigenvalue weighted by Gasteiger charge is 2.46. The van der Waals surface area contributed by atoms with Crippen molar-refractivity contribution < 1.29 is 0 Å². The van der Waals surface area contributed by atoms with E-state index < -0.39 is 7.26 Å². The zero-order valence-corrected chi connectivity index (χ0v) is 18.9. The molecule has 1 fully saturated rings. The molecule has 4 aromatic rings. The van der Waals surface area contributed by atoms with Crippen molar-refractivity contribution in [2.45, 2.75) is 19.0 Å². The van der Waals surface area contributed by atoms with E-state index >= 15 is 0 Å². The van der Waals surface area contributed by atoms with Gasteiger partial charge in [-0.3, -0.25) is 0 Å². The Kier molecular flexibility index (Phi) is 5.83. The van der Waals surface area contributed by atoms with Gasteiger partial charge in [0.1, 0.15) is 29.3 Å². The smallest absolute Gasteiger partial charge is 0.230 e. The van der Waals surface area contributed by atoms with Gasteiger partial charge in [-0.15, -0.1) is 0 Å². The van der Waals surface area contributed by atoms with Crippen molar-refractivity contribution in [1.29, 1.82) is 0 Å². The van der Waals surface area contributed by atoms with E-state index in [1.54, 1.807) is 0 Å². The van der Waals surface area contributed by atoms with Crippen molar-refractivity contribution in [3.8, 4) is 0 Å². The first-order valence-electron chi connectivity index (χ1n) is 11.1. The minimum atomic E-state index is -2.07. The summed E-state index contributed by atoms with van der Waals surface area (Å²) >= 11 is 0. The topological polar surface area (TPSA) is 67.9 Å². The van der Waals surface area contributed by atoms with Crippen molar-refractivity contribution in [2.24, 2.45) is 0 Å². The zero-order valence-electron chi connectivity index (χ0n) is 18.0. The molecule has 0 aliphatic carbocycles. The molecule has 0 unspecified atom stereocenters. The fourth-order valence-corrected chi connectivity index (χ4v) is 8.59. The van der Waals surface area contributed by atoms with E-state index in [9.17, 15) is 0 Å². The van der Waals surface area contributed by atoms with Gasteiger partial charge in [0.25, 0.3) is 0 Å². The Hall–Kier alpha value is -3.30. The van der Waals surface area contributed by atoms with Gasteiger partial charge < -0.3 is 10.6 Å². The molecule has 0 radical (unpaired) electrons. The molecule has 3 aromatic carbocycles. The molecule has 1 saturated heterocycles. The molecule has 0 atom stereocenters. The number of nitrogens with two attached hydrogens (primary N) is 1. The van der Waals surface area contributed by atoms with Crippen LogP contribution in [0.3, 0.4) is 0 Å². The lowest BCUT2D eigenvalue weighted by molar-refractivity contribution is 0.861. The quantitative estimate of drug-likeness (QED) is 0.465. The van der Waals surface area contributed by atoms with Crippen LogP contribution in [0.15, 0.2) is 91.0 Å². The van der Waals surface area contributed by atoms with Crippen LogP contribution in [0.25, 0.3) is 0 Å². The molecule has 0 saturated carbocycles. The van der Waals surface area contributed by atoms with Crippen LogP contribution < -0.4 is 26.5 Å². The third kappa shape index (κ3) is 3.96. The molecule has 2 N–H and O–H groups in total. The number of hydrogen-bond acceptors (Lipinski definition) is 5. The number of benzene rings is 3. The Morgan fingerprint density at radius 1 is 0.656 bits per heavy atom. The minimum absolute atomic E-state index is 0.296. The number of nitrogen functional groups attached to an aromatic ring is 1. The molecule has 0 spiro atoms. The van der Waals surface area contributed by atoms with E-state index in [0.717, 1.165) is 31.8 Å². The van der Waals surface area contributed by atoms with Gasteiger partial charge in [0.15, 0.2) is 5.82 Å². The van der Waals surface area contributed by atoms with E-state index in [2.05, 4.69) is 106 Å². The number of rotatable bonds is 6. The first kappa shape index (κ1) is 20.6. The molecule has 0 bridgehead atoms. The molecule has 32 heavy (non-hydrogen) atoms. The lowest BCUT2D eigenvalue weighted by atomic mass is 10.4. The average Bonchev–Trinajstić information content (AvgIpc) is 3.39. The van der Waals surface area contributed by atoms with Gasteiger partial charge in [0.05, 0.1) is 0 Å². The Bertz CT molecular complexity index is 1070. The van der Waals surface area contributed by atoms with Crippen molar-refractivity contribution in [1.82, 2.24) is 15.0 Å². The number of aromatic nitrogens is 3. The number of anilines is 2. The maximum absolute atomic E-state index is 6.19. The molecule has 0 amide bonds. The van der Waals surface area contributed by atoms with Gasteiger partial charge >= 0.3 is 0 Å². The van der Waals surface area contributed by atoms with Crippen molar-refractivity contribution >= 4 is 35.1 Å².